The van der Waals surface area contributed by atoms with E-state index in [4.69, 9.17) is 5.73 Å². The normalized spacial score (nSPS) is 8.91. The third-order valence-corrected chi connectivity index (χ3v) is 1.17. The van der Waals surface area contributed by atoms with Crippen LogP contribution in [0.5, 0.6) is 0 Å². The molecule has 0 aliphatic rings. The van der Waals surface area contributed by atoms with Crippen LogP contribution in [-0.4, -0.2) is 11.5 Å². The molecule has 0 amide bonds. The molecule has 1 aromatic heterocycles. The molecule has 1 heterocycles. The third kappa shape index (κ3) is 3.30. The van der Waals surface area contributed by atoms with Crippen molar-refractivity contribution >= 4 is 12.4 Å². The predicted molar refractivity (Wildman–Crippen MR) is 44.2 cm³/mol. The molecule has 4 heteroatoms. The van der Waals surface area contributed by atoms with E-state index < -0.39 is 5.95 Å². The number of aromatic nitrogens is 1. The van der Waals surface area contributed by atoms with Gasteiger partial charge in [-0.05, 0) is 18.7 Å². The molecule has 0 bridgehead atoms. The number of halogens is 2. The number of hydrogen-bond donors (Lipinski definition) is 1. The molecule has 2 N–H and O–H groups in total. The molecule has 0 atom stereocenters. The van der Waals surface area contributed by atoms with Crippen LogP contribution in [0.2, 0.25) is 0 Å². The van der Waals surface area contributed by atoms with Crippen LogP contribution in [0.15, 0.2) is 18.2 Å². The maximum atomic E-state index is 12.3. The lowest BCUT2D eigenvalue weighted by Gasteiger charge is -1.94. The second kappa shape index (κ2) is 5.04. The summed E-state index contributed by atoms with van der Waals surface area (Å²) < 4.78 is 12.3. The minimum absolute atomic E-state index is 0. The Hall–Kier alpha value is -0.670. The second-order valence-electron chi connectivity index (χ2n) is 1.99. The van der Waals surface area contributed by atoms with E-state index in [-0.39, 0.29) is 12.4 Å². The topological polar surface area (TPSA) is 38.9 Å². The highest BCUT2D eigenvalue weighted by Crippen LogP contribution is 1.96. The van der Waals surface area contributed by atoms with Gasteiger partial charge in [0.25, 0.3) is 0 Å². The first-order valence-electron chi connectivity index (χ1n) is 3.14. The van der Waals surface area contributed by atoms with E-state index in [1.165, 1.54) is 6.07 Å². The van der Waals surface area contributed by atoms with Crippen LogP contribution in [0, 0.1) is 5.95 Å². The maximum absolute atomic E-state index is 12.3. The minimum Gasteiger partial charge on any atom is -0.330 e. The molecule has 0 aromatic carbocycles. The number of nitrogens with zero attached hydrogens (tertiary/aromatic N) is 1. The summed E-state index contributed by atoms with van der Waals surface area (Å²) in [6.45, 7) is 0.510. The molecular formula is C7H10ClFN2. The van der Waals surface area contributed by atoms with Gasteiger partial charge >= 0.3 is 0 Å². The molecule has 1 aromatic rings. The van der Waals surface area contributed by atoms with Crippen LogP contribution >= 0.6 is 12.4 Å². The first-order valence-corrected chi connectivity index (χ1v) is 3.14. The highest BCUT2D eigenvalue weighted by Gasteiger charge is 1.93. The molecule has 2 nitrogen and oxygen atoms in total. The zero-order chi connectivity index (χ0) is 7.40. The van der Waals surface area contributed by atoms with Crippen LogP contribution in [0.3, 0.4) is 0 Å². The minimum atomic E-state index is -0.439. The summed E-state index contributed by atoms with van der Waals surface area (Å²) >= 11 is 0. The van der Waals surface area contributed by atoms with E-state index in [9.17, 15) is 4.39 Å². The van der Waals surface area contributed by atoms with E-state index in [2.05, 4.69) is 4.98 Å². The summed E-state index contributed by atoms with van der Waals surface area (Å²) in [5.41, 5.74) is 5.96. The van der Waals surface area contributed by atoms with Crippen LogP contribution in [0.25, 0.3) is 0 Å². The molecule has 0 fully saturated rings. The van der Waals surface area contributed by atoms with Crippen molar-refractivity contribution in [3.63, 3.8) is 0 Å². The molecule has 11 heavy (non-hydrogen) atoms. The average Bonchev–Trinajstić information content (AvgIpc) is 1.88. The molecule has 0 saturated carbocycles. The van der Waals surface area contributed by atoms with Gasteiger partial charge in [0.1, 0.15) is 0 Å². The van der Waals surface area contributed by atoms with Crippen LogP contribution in [-0.2, 0) is 6.42 Å². The lowest BCUT2D eigenvalue weighted by molar-refractivity contribution is 0.576. The van der Waals surface area contributed by atoms with Crippen molar-refractivity contribution in [3.8, 4) is 0 Å². The van der Waals surface area contributed by atoms with Gasteiger partial charge in [0.15, 0.2) is 0 Å². The quantitative estimate of drug-likeness (QED) is 0.687. The van der Waals surface area contributed by atoms with Crippen molar-refractivity contribution in [1.82, 2.24) is 4.98 Å². The van der Waals surface area contributed by atoms with Gasteiger partial charge < -0.3 is 5.73 Å². The van der Waals surface area contributed by atoms with Gasteiger partial charge in [0, 0.05) is 12.1 Å². The summed E-state index contributed by atoms with van der Waals surface area (Å²) in [6, 6.07) is 4.71. The van der Waals surface area contributed by atoms with Crippen molar-refractivity contribution in [2.24, 2.45) is 5.73 Å². The second-order valence-corrected chi connectivity index (χ2v) is 1.99. The lowest BCUT2D eigenvalue weighted by Crippen LogP contribution is -2.04. The summed E-state index contributed by atoms with van der Waals surface area (Å²) in [5.74, 6) is -0.439. The monoisotopic (exact) mass is 176 g/mol. The van der Waals surface area contributed by atoms with Crippen LogP contribution in [0.1, 0.15) is 5.69 Å². The van der Waals surface area contributed by atoms with Crippen molar-refractivity contribution in [1.29, 1.82) is 0 Å². The fourth-order valence-electron chi connectivity index (χ4n) is 0.737. The first-order chi connectivity index (χ1) is 4.83. The number of hydrogen-bond acceptors (Lipinski definition) is 2. The predicted octanol–water partition coefficient (Wildman–Crippen LogP) is 1.14. The SMILES string of the molecule is Cl.NCCc1cccc(F)n1. The van der Waals surface area contributed by atoms with Crippen LogP contribution < -0.4 is 5.73 Å². The van der Waals surface area contributed by atoms with Gasteiger partial charge in [0.2, 0.25) is 5.95 Å². The summed E-state index contributed by atoms with van der Waals surface area (Å²) in [7, 11) is 0. The molecule has 0 unspecified atom stereocenters. The zero-order valence-corrected chi connectivity index (χ0v) is 6.77. The van der Waals surface area contributed by atoms with Gasteiger partial charge in [-0.15, -0.1) is 12.4 Å². The third-order valence-electron chi connectivity index (χ3n) is 1.17. The molecule has 0 saturated heterocycles. The summed E-state index contributed by atoms with van der Waals surface area (Å²) in [5, 5.41) is 0. The Bertz CT molecular complexity index is 217. The molecule has 0 aliphatic carbocycles. The Labute approximate surface area is 71.0 Å². The van der Waals surface area contributed by atoms with Crippen molar-refractivity contribution in [3.05, 3.63) is 29.8 Å². The first kappa shape index (κ1) is 10.3. The molecule has 62 valence electrons. The van der Waals surface area contributed by atoms with Gasteiger partial charge in [0.05, 0.1) is 0 Å². The van der Waals surface area contributed by atoms with E-state index in [1.807, 2.05) is 0 Å². The number of nitrogens with two attached hydrogens (primary N) is 1. The van der Waals surface area contributed by atoms with Gasteiger partial charge in [-0.25, -0.2) is 4.98 Å². The van der Waals surface area contributed by atoms with E-state index in [1.54, 1.807) is 12.1 Å². The largest absolute Gasteiger partial charge is 0.330 e. The standard InChI is InChI=1S/C7H9FN2.ClH/c8-7-3-1-2-6(10-7)4-5-9;/h1-3H,4-5,9H2;1H. The summed E-state index contributed by atoms with van der Waals surface area (Å²) in [4.78, 5) is 3.62. The molecule has 1 rings (SSSR count). The highest BCUT2D eigenvalue weighted by atomic mass is 35.5. The molecule has 0 spiro atoms. The Morgan fingerprint density at radius 1 is 1.45 bits per heavy atom. The van der Waals surface area contributed by atoms with E-state index in [0.717, 1.165) is 0 Å². The van der Waals surface area contributed by atoms with Crippen molar-refractivity contribution in [2.45, 2.75) is 6.42 Å². The average molecular weight is 177 g/mol. The Balaban J connectivity index is 0.000001000. The zero-order valence-electron chi connectivity index (χ0n) is 5.96. The van der Waals surface area contributed by atoms with E-state index in [0.29, 0.717) is 18.7 Å². The van der Waals surface area contributed by atoms with Gasteiger partial charge in [-0.3, -0.25) is 0 Å². The van der Waals surface area contributed by atoms with Crippen molar-refractivity contribution in [2.75, 3.05) is 6.54 Å². The maximum Gasteiger partial charge on any atom is 0.213 e. The molecular weight excluding hydrogens is 167 g/mol. The lowest BCUT2D eigenvalue weighted by atomic mass is 10.3. The highest BCUT2D eigenvalue weighted by molar-refractivity contribution is 5.85. The Morgan fingerprint density at radius 3 is 2.73 bits per heavy atom. The van der Waals surface area contributed by atoms with Crippen LogP contribution in [0.4, 0.5) is 4.39 Å². The molecule has 0 aliphatic heterocycles. The Morgan fingerprint density at radius 2 is 2.18 bits per heavy atom. The fraction of sp³-hybridized carbons (Fsp3) is 0.286. The number of pyridine rings is 1. The van der Waals surface area contributed by atoms with E-state index >= 15 is 0 Å². The smallest absolute Gasteiger partial charge is 0.213 e. The van der Waals surface area contributed by atoms with Crippen molar-refractivity contribution < 1.29 is 4.39 Å². The Kier molecular flexibility index (Phi) is 4.74. The fourth-order valence-corrected chi connectivity index (χ4v) is 0.737. The van der Waals surface area contributed by atoms with Gasteiger partial charge in [-0.1, -0.05) is 6.07 Å². The molecule has 0 radical (unpaired) electrons. The number of rotatable bonds is 2. The van der Waals surface area contributed by atoms with Gasteiger partial charge in [-0.2, -0.15) is 4.39 Å². The summed E-state index contributed by atoms with van der Waals surface area (Å²) in [6.07, 6.45) is 0.637.